The molecule has 4 heterocycles. The molecule has 0 unspecified atom stereocenters. The Morgan fingerprint density at radius 2 is 2.04 bits per heavy atom. The topological polar surface area (TPSA) is 59.4 Å². The van der Waals surface area contributed by atoms with Gasteiger partial charge in [0, 0.05) is 54.3 Å². The molecule has 0 saturated heterocycles. The molecule has 4 rings (SSSR count). The van der Waals surface area contributed by atoms with Gasteiger partial charge in [-0.25, -0.2) is 9.97 Å². The average Bonchev–Trinajstić information content (AvgIpc) is 3.16. The Labute approximate surface area is 144 Å². The van der Waals surface area contributed by atoms with Crippen molar-refractivity contribution in [2.45, 2.75) is 13.3 Å². The summed E-state index contributed by atoms with van der Waals surface area (Å²) in [5, 5.41) is 5.87. The predicted molar refractivity (Wildman–Crippen MR) is 95.1 cm³/mol. The van der Waals surface area contributed by atoms with E-state index in [9.17, 15) is 0 Å². The molecule has 5 nitrogen and oxygen atoms in total. The van der Waals surface area contributed by atoms with Gasteiger partial charge in [0.1, 0.15) is 10.8 Å². The normalized spacial score (nSPS) is 11.3. The summed E-state index contributed by atoms with van der Waals surface area (Å²) in [5.74, 6) is 0. The first-order chi connectivity index (χ1) is 11.6. The Morgan fingerprint density at radius 1 is 1.17 bits per heavy atom. The Morgan fingerprint density at radius 3 is 2.79 bits per heavy atom. The van der Waals surface area contributed by atoms with Crippen molar-refractivity contribution in [1.29, 1.82) is 0 Å². The van der Waals surface area contributed by atoms with Crippen molar-refractivity contribution < 1.29 is 0 Å². The second-order valence-electron chi connectivity index (χ2n) is 5.89. The Bertz CT molecular complexity index is 1030. The highest BCUT2D eigenvalue weighted by Gasteiger charge is 2.10. The van der Waals surface area contributed by atoms with Crippen LogP contribution >= 0.6 is 11.6 Å². The molecule has 0 amide bonds. The maximum absolute atomic E-state index is 5.95. The van der Waals surface area contributed by atoms with Crippen LogP contribution in [0.1, 0.15) is 16.8 Å². The minimum atomic E-state index is 0.524. The molecule has 120 valence electrons. The Hall–Kier alpha value is -2.66. The van der Waals surface area contributed by atoms with Gasteiger partial charge in [0.05, 0.1) is 6.20 Å². The Kier molecular flexibility index (Phi) is 3.58. The first-order valence-electron chi connectivity index (χ1n) is 7.67. The number of halogens is 1. The van der Waals surface area contributed by atoms with Crippen LogP contribution in [-0.4, -0.2) is 24.7 Å². The monoisotopic (exact) mass is 337 g/mol. The summed E-state index contributed by atoms with van der Waals surface area (Å²) in [7, 11) is 1.91. The molecule has 0 aliphatic carbocycles. The third-order valence-corrected chi connectivity index (χ3v) is 4.41. The second-order valence-corrected chi connectivity index (χ2v) is 6.28. The summed E-state index contributed by atoms with van der Waals surface area (Å²) in [6, 6.07) is 6.02. The number of fused-ring (bicyclic) bond motifs is 1. The first-order valence-corrected chi connectivity index (χ1v) is 8.05. The average molecular weight is 338 g/mol. The molecule has 0 aliphatic heterocycles. The molecule has 4 aromatic rings. The lowest BCUT2D eigenvalue weighted by atomic mass is 10.0. The van der Waals surface area contributed by atoms with Gasteiger partial charge in [0.2, 0.25) is 0 Å². The van der Waals surface area contributed by atoms with Crippen molar-refractivity contribution in [1.82, 2.24) is 24.7 Å². The molecular formula is C18H16ClN5. The number of aromatic amines is 1. The van der Waals surface area contributed by atoms with Gasteiger partial charge >= 0.3 is 0 Å². The van der Waals surface area contributed by atoms with Gasteiger partial charge in [-0.2, -0.15) is 5.10 Å². The number of aryl methyl sites for hydroxylation is 2. The van der Waals surface area contributed by atoms with Crippen molar-refractivity contribution in [3.8, 4) is 11.1 Å². The van der Waals surface area contributed by atoms with Crippen molar-refractivity contribution in [2.75, 3.05) is 0 Å². The molecule has 0 atom stereocenters. The minimum Gasteiger partial charge on any atom is -0.346 e. The minimum absolute atomic E-state index is 0.524. The first kappa shape index (κ1) is 14.9. The van der Waals surface area contributed by atoms with Crippen molar-refractivity contribution in [2.24, 2.45) is 7.05 Å². The lowest BCUT2D eigenvalue weighted by Gasteiger charge is -2.05. The van der Waals surface area contributed by atoms with E-state index in [1.807, 2.05) is 50.9 Å². The zero-order valence-corrected chi connectivity index (χ0v) is 14.2. The van der Waals surface area contributed by atoms with Crippen LogP contribution < -0.4 is 0 Å². The molecule has 0 bridgehead atoms. The molecule has 0 radical (unpaired) electrons. The number of hydrogen-bond acceptors (Lipinski definition) is 3. The van der Waals surface area contributed by atoms with Gasteiger partial charge in [-0.05, 0) is 30.2 Å². The fraction of sp³-hybridized carbons (Fsp3) is 0.167. The van der Waals surface area contributed by atoms with E-state index in [2.05, 4.69) is 26.1 Å². The zero-order chi connectivity index (χ0) is 16.7. The van der Waals surface area contributed by atoms with E-state index in [1.54, 1.807) is 4.68 Å². The van der Waals surface area contributed by atoms with Crippen LogP contribution in [0.5, 0.6) is 0 Å². The van der Waals surface area contributed by atoms with Gasteiger partial charge in [-0.1, -0.05) is 17.7 Å². The van der Waals surface area contributed by atoms with Crippen LogP contribution in [0.2, 0.25) is 5.15 Å². The van der Waals surface area contributed by atoms with E-state index in [1.165, 1.54) is 5.56 Å². The maximum Gasteiger partial charge on any atom is 0.137 e. The molecule has 0 spiro atoms. The molecular weight excluding hydrogens is 322 g/mol. The molecule has 0 aromatic carbocycles. The van der Waals surface area contributed by atoms with Crippen molar-refractivity contribution in [3.05, 3.63) is 65.0 Å². The predicted octanol–water partition coefficient (Wildman–Crippen LogP) is 3.91. The van der Waals surface area contributed by atoms with Crippen LogP contribution in [0, 0.1) is 6.92 Å². The van der Waals surface area contributed by atoms with Crippen LogP contribution in [0.3, 0.4) is 0 Å². The molecule has 6 heteroatoms. The highest BCUT2D eigenvalue weighted by atomic mass is 35.5. The van der Waals surface area contributed by atoms with E-state index in [0.29, 0.717) is 5.15 Å². The summed E-state index contributed by atoms with van der Waals surface area (Å²) < 4.78 is 1.79. The van der Waals surface area contributed by atoms with E-state index in [-0.39, 0.29) is 0 Å². The van der Waals surface area contributed by atoms with Crippen molar-refractivity contribution in [3.63, 3.8) is 0 Å². The lowest BCUT2D eigenvalue weighted by Crippen LogP contribution is -1.94. The SMILES string of the molecule is Cc1nc(Cl)ccc1Cc1c[nH]c2ncc(-c3cnn(C)c3)cc12. The zero-order valence-electron chi connectivity index (χ0n) is 13.4. The number of H-pyrrole nitrogens is 1. The molecule has 0 fully saturated rings. The highest BCUT2D eigenvalue weighted by molar-refractivity contribution is 6.29. The second kappa shape index (κ2) is 5.76. The molecule has 0 aliphatic rings. The number of rotatable bonds is 3. The standard InChI is InChI=1S/C18H16ClN5/c1-11-12(3-4-17(19)23-11)5-14-8-21-18-16(14)6-13(7-20-18)15-9-22-24(2)10-15/h3-4,6-10H,5H2,1-2H3,(H,20,21). The quantitative estimate of drug-likeness (QED) is 0.576. The van der Waals surface area contributed by atoms with Crippen LogP contribution in [0.4, 0.5) is 0 Å². The third-order valence-electron chi connectivity index (χ3n) is 4.20. The summed E-state index contributed by atoms with van der Waals surface area (Å²) >= 11 is 5.95. The van der Waals surface area contributed by atoms with Gasteiger partial charge < -0.3 is 4.98 Å². The van der Waals surface area contributed by atoms with E-state index < -0.39 is 0 Å². The highest BCUT2D eigenvalue weighted by Crippen LogP contribution is 2.26. The number of nitrogens with one attached hydrogen (secondary N) is 1. The molecule has 24 heavy (non-hydrogen) atoms. The summed E-state index contributed by atoms with van der Waals surface area (Å²) in [5.41, 5.74) is 6.30. The molecule has 4 aromatic heterocycles. The number of nitrogens with zero attached hydrogens (tertiary/aromatic N) is 4. The number of hydrogen-bond donors (Lipinski definition) is 1. The van der Waals surface area contributed by atoms with E-state index in [4.69, 9.17) is 11.6 Å². The van der Waals surface area contributed by atoms with Gasteiger partial charge in [-0.3, -0.25) is 4.68 Å². The fourth-order valence-corrected chi connectivity index (χ4v) is 3.07. The number of aromatic nitrogens is 5. The third kappa shape index (κ3) is 2.67. The van der Waals surface area contributed by atoms with Gasteiger partial charge in [-0.15, -0.1) is 0 Å². The fourth-order valence-electron chi connectivity index (χ4n) is 2.88. The lowest BCUT2D eigenvalue weighted by molar-refractivity contribution is 0.768. The summed E-state index contributed by atoms with van der Waals surface area (Å²) in [4.78, 5) is 12.1. The van der Waals surface area contributed by atoms with Gasteiger partial charge in [0.15, 0.2) is 0 Å². The van der Waals surface area contributed by atoms with Crippen LogP contribution in [0.15, 0.2) is 43.0 Å². The summed E-state index contributed by atoms with van der Waals surface area (Å²) in [6.07, 6.45) is 8.51. The Balaban J connectivity index is 1.75. The van der Waals surface area contributed by atoms with Gasteiger partial charge in [0.25, 0.3) is 0 Å². The largest absolute Gasteiger partial charge is 0.346 e. The van der Waals surface area contributed by atoms with E-state index in [0.717, 1.165) is 39.8 Å². The maximum atomic E-state index is 5.95. The summed E-state index contributed by atoms with van der Waals surface area (Å²) in [6.45, 7) is 1.98. The molecule has 1 N–H and O–H groups in total. The number of pyridine rings is 2. The van der Waals surface area contributed by atoms with Crippen molar-refractivity contribution >= 4 is 22.6 Å². The smallest absolute Gasteiger partial charge is 0.137 e. The van der Waals surface area contributed by atoms with E-state index >= 15 is 0 Å². The molecule has 0 saturated carbocycles. The van der Waals surface area contributed by atoms with Crippen LogP contribution in [0.25, 0.3) is 22.2 Å². The van der Waals surface area contributed by atoms with Crippen LogP contribution in [-0.2, 0) is 13.5 Å².